The summed E-state index contributed by atoms with van der Waals surface area (Å²) < 4.78 is 0. The molecule has 0 bridgehead atoms. The van der Waals surface area contributed by atoms with Crippen molar-refractivity contribution in [2.45, 2.75) is 43.9 Å². The van der Waals surface area contributed by atoms with Crippen molar-refractivity contribution in [1.29, 1.82) is 0 Å². The number of thioether (sulfide) groups is 1. The van der Waals surface area contributed by atoms with Crippen LogP contribution in [0.25, 0.3) is 0 Å². The van der Waals surface area contributed by atoms with Crippen LogP contribution in [0, 0.1) is 12.8 Å². The number of hydrogen-bond acceptors (Lipinski definition) is 4. The minimum absolute atomic E-state index is 0.0198. The third-order valence-corrected chi connectivity index (χ3v) is 6.12. The van der Waals surface area contributed by atoms with Crippen molar-refractivity contribution in [3.05, 3.63) is 53.7 Å². The summed E-state index contributed by atoms with van der Waals surface area (Å²) in [6.07, 6.45) is 7.94. The van der Waals surface area contributed by atoms with Crippen LogP contribution >= 0.6 is 11.8 Å². The van der Waals surface area contributed by atoms with E-state index in [2.05, 4.69) is 15.6 Å². The van der Waals surface area contributed by atoms with E-state index in [-0.39, 0.29) is 11.8 Å². The van der Waals surface area contributed by atoms with Crippen LogP contribution in [-0.2, 0) is 4.79 Å². The number of nitrogens with one attached hydrogen (secondary N) is 2. The zero-order chi connectivity index (χ0) is 19.8. The Balaban J connectivity index is 1.55. The maximum atomic E-state index is 12.7. The summed E-state index contributed by atoms with van der Waals surface area (Å²) in [5, 5.41) is 5.91. The molecule has 2 amide bonds. The van der Waals surface area contributed by atoms with E-state index in [1.807, 2.05) is 37.3 Å². The minimum atomic E-state index is -0.215. The van der Waals surface area contributed by atoms with Crippen LogP contribution in [0.4, 0.5) is 5.82 Å². The average Bonchev–Trinajstić information content (AvgIpc) is 2.73. The molecule has 0 atom stereocenters. The molecule has 2 aromatic rings. The number of aromatic nitrogens is 1. The Kier molecular flexibility index (Phi) is 7.48. The van der Waals surface area contributed by atoms with Gasteiger partial charge in [-0.2, -0.15) is 0 Å². The SMILES string of the molecule is Cc1cccnc1NC(=O)c1ccccc1SCC(=O)NCC1CCCCC1. The highest BCUT2D eigenvalue weighted by Gasteiger charge is 2.16. The summed E-state index contributed by atoms with van der Waals surface area (Å²) in [6, 6.07) is 11.1. The first-order chi connectivity index (χ1) is 13.6. The quantitative estimate of drug-likeness (QED) is 0.678. The smallest absolute Gasteiger partial charge is 0.257 e. The van der Waals surface area contributed by atoms with Gasteiger partial charge in [-0.05, 0) is 49.4 Å². The van der Waals surface area contributed by atoms with E-state index in [4.69, 9.17) is 0 Å². The van der Waals surface area contributed by atoms with E-state index < -0.39 is 0 Å². The van der Waals surface area contributed by atoms with Gasteiger partial charge >= 0.3 is 0 Å². The zero-order valence-corrected chi connectivity index (χ0v) is 17.1. The van der Waals surface area contributed by atoms with Gasteiger partial charge in [0.25, 0.3) is 5.91 Å². The zero-order valence-electron chi connectivity index (χ0n) is 16.2. The number of amides is 2. The van der Waals surface area contributed by atoms with Crippen molar-refractivity contribution >= 4 is 29.4 Å². The van der Waals surface area contributed by atoms with Gasteiger partial charge in [0.2, 0.25) is 5.91 Å². The number of carbonyl (C=O) groups excluding carboxylic acids is 2. The summed E-state index contributed by atoms with van der Waals surface area (Å²) >= 11 is 1.39. The predicted octanol–water partition coefficient (Wildman–Crippen LogP) is 4.43. The Hall–Kier alpha value is -2.34. The second-order valence-corrected chi connectivity index (χ2v) is 8.23. The molecule has 2 N–H and O–H groups in total. The van der Waals surface area contributed by atoms with Gasteiger partial charge < -0.3 is 10.6 Å². The van der Waals surface area contributed by atoms with Crippen LogP contribution in [0.5, 0.6) is 0 Å². The van der Waals surface area contributed by atoms with Crippen molar-refractivity contribution in [1.82, 2.24) is 10.3 Å². The molecule has 1 aromatic carbocycles. The molecule has 1 saturated carbocycles. The summed E-state index contributed by atoms with van der Waals surface area (Å²) in [5.41, 5.74) is 1.46. The first kappa shape index (κ1) is 20.4. The van der Waals surface area contributed by atoms with Crippen molar-refractivity contribution in [2.75, 3.05) is 17.6 Å². The Labute approximate surface area is 170 Å². The van der Waals surface area contributed by atoms with Crippen LogP contribution < -0.4 is 10.6 Å². The molecular formula is C22H27N3O2S. The average molecular weight is 398 g/mol. The van der Waals surface area contributed by atoms with Crippen LogP contribution in [-0.4, -0.2) is 29.1 Å². The van der Waals surface area contributed by atoms with Gasteiger partial charge in [-0.15, -0.1) is 11.8 Å². The number of benzene rings is 1. The summed E-state index contributed by atoms with van der Waals surface area (Å²) in [7, 11) is 0. The fourth-order valence-electron chi connectivity index (χ4n) is 3.42. The second kappa shape index (κ2) is 10.3. The first-order valence-corrected chi connectivity index (χ1v) is 10.8. The molecule has 0 unspecified atom stereocenters. The standard InChI is InChI=1S/C22H27N3O2S/c1-16-8-7-13-23-21(16)25-22(27)18-11-5-6-12-19(18)28-15-20(26)24-14-17-9-3-2-4-10-17/h5-8,11-13,17H,2-4,9-10,14-15H2,1H3,(H,24,26)(H,23,25,27). The number of hydrogen-bond donors (Lipinski definition) is 2. The van der Waals surface area contributed by atoms with Crippen molar-refractivity contribution in [3.63, 3.8) is 0 Å². The maximum Gasteiger partial charge on any atom is 0.257 e. The summed E-state index contributed by atoms with van der Waals surface area (Å²) in [4.78, 5) is 29.9. The summed E-state index contributed by atoms with van der Waals surface area (Å²) in [5.74, 6) is 1.28. The minimum Gasteiger partial charge on any atom is -0.355 e. The van der Waals surface area contributed by atoms with E-state index in [0.29, 0.717) is 23.1 Å². The number of pyridine rings is 1. The van der Waals surface area contributed by atoms with Gasteiger partial charge in [0, 0.05) is 17.6 Å². The largest absolute Gasteiger partial charge is 0.355 e. The van der Waals surface area contributed by atoms with Crippen molar-refractivity contribution in [3.8, 4) is 0 Å². The van der Waals surface area contributed by atoms with Crippen molar-refractivity contribution in [2.24, 2.45) is 5.92 Å². The molecule has 28 heavy (non-hydrogen) atoms. The number of aryl methyl sites for hydroxylation is 1. The molecule has 148 valence electrons. The van der Waals surface area contributed by atoms with Gasteiger partial charge in [-0.1, -0.05) is 37.5 Å². The molecule has 3 rings (SSSR count). The Morgan fingerprint density at radius 1 is 1.11 bits per heavy atom. The molecule has 0 aliphatic heterocycles. The van der Waals surface area contributed by atoms with Gasteiger partial charge in [0.1, 0.15) is 5.82 Å². The van der Waals surface area contributed by atoms with Crippen LogP contribution in [0.3, 0.4) is 0 Å². The first-order valence-electron chi connectivity index (χ1n) is 9.85. The molecule has 0 radical (unpaired) electrons. The highest BCUT2D eigenvalue weighted by Crippen LogP contribution is 2.25. The third kappa shape index (κ3) is 5.83. The van der Waals surface area contributed by atoms with Gasteiger partial charge in [0.15, 0.2) is 0 Å². The number of nitrogens with zero attached hydrogens (tertiary/aromatic N) is 1. The highest BCUT2D eigenvalue weighted by molar-refractivity contribution is 8.00. The second-order valence-electron chi connectivity index (χ2n) is 7.22. The van der Waals surface area contributed by atoms with E-state index in [9.17, 15) is 9.59 Å². The van der Waals surface area contributed by atoms with E-state index in [1.54, 1.807) is 12.3 Å². The normalized spacial score (nSPS) is 14.5. The van der Waals surface area contributed by atoms with E-state index >= 15 is 0 Å². The Bertz CT molecular complexity index is 819. The Morgan fingerprint density at radius 3 is 2.68 bits per heavy atom. The lowest BCUT2D eigenvalue weighted by atomic mass is 9.89. The lowest BCUT2D eigenvalue weighted by Gasteiger charge is -2.21. The maximum absolute atomic E-state index is 12.7. The fourth-order valence-corrected chi connectivity index (χ4v) is 4.29. The predicted molar refractivity (Wildman–Crippen MR) is 114 cm³/mol. The molecule has 1 aromatic heterocycles. The molecule has 0 spiro atoms. The number of anilines is 1. The number of rotatable bonds is 7. The third-order valence-electron chi connectivity index (χ3n) is 5.04. The Morgan fingerprint density at radius 2 is 1.89 bits per heavy atom. The van der Waals surface area contributed by atoms with E-state index in [0.717, 1.165) is 17.0 Å². The van der Waals surface area contributed by atoms with Crippen molar-refractivity contribution < 1.29 is 9.59 Å². The molecule has 1 aliphatic carbocycles. The van der Waals surface area contributed by atoms with Crippen LogP contribution in [0.15, 0.2) is 47.5 Å². The molecular weight excluding hydrogens is 370 g/mol. The van der Waals surface area contributed by atoms with Crippen LogP contribution in [0.1, 0.15) is 48.0 Å². The lowest BCUT2D eigenvalue weighted by molar-refractivity contribution is -0.118. The number of carbonyl (C=O) groups is 2. The fraction of sp³-hybridized carbons (Fsp3) is 0.409. The topological polar surface area (TPSA) is 71.1 Å². The molecule has 1 heterocycles. The van der Waals surface area contributed by atoms with Gasteiger partial charge in [0.05, 0.1) is 11.3 Å². The summed E-state index contributed by atoms with van der Waals surface area (Å²) in [6.45, 7) is 2.67. The molecule has 6 heteroatoms. The molecule has 0 saturated heterocycles. The van der Waals surface area contributed by atoms with Gasteiger partial charge in [-0.25, -0.2) is 4.98 Å². The lowest BCUT2D eigenvalue weighted by Crippen LogP contribution is -2.31. The monoisotopic (exact) mass is 397 g/mol. The molecule has 1 aliphatic rings. The van der Waals surface area contributed by atoms with E-state index in [1.165, 1.54) is 43.9 Å². The highest BCUT2D eigenvalue weighted by atomic mass is 32.2. The molecule has 1 fully saturated rings. The van der Waals surface area contributed by atoms with Gasteiger partial charge in [-0.3, -0.25) is 9.59 Å². The van der Waals surface area contributed by atoms with Crippen LogP contribution in [0.2, 0.25) is 0 Å². The molecule has 5 nitrogen and oxygen atoms in total.